The maximum Gasteiger partial charge on any atom is 0.417 e. The molecular weight excluding hydrogens is 572 g/mol. The predicted molar refractivity (Wildman–Crippen MR) is 170 cm³/mol. The number of methoxy groups -OCH3 is 1. The highest BCUT2D eigenvalue weighted by molar-refractivity contribution is 5.94. The van der Waals surface area contributed by atoms with Crippen LogP contribution in [0.3, 0.4) is 0 Å². The molecule has 3 aromatic carbocycles. The van der Waals surface area contributed by atoms with Crippen molar-refractivity contribution in [3.05, 3.63) is 95.6 Å². The Morgan fingerprint density at radius 3 is 1.89 bits per heavy atom. The molecule has 2 aliphatic heterocycles. The van der Waals surface area contributed by atoms with Crippen LogP contribution in [-0.4, -0.2) is 54.1 Å². The van der Waals surface area contributed by atoms with E-state index in [2.05, 4.69) is 0 Å². The molecule has 5 rings (SSSR count). The van der Waals surface area contributed by atoms with Crippen molar-refractivity contribution in [2.45, 2.75) is 83.3 Å². The standard InChI is InChI=1S/C36H42N2O7/c1-24(39)37(31(40)44-33(2,3)4)22-21-35-28-23-27(42-8)19-20-29(28)38(32(41)45-34(5,6)7)30(35)43-36(35,25-15-11-9-12-16-25)26-17-13-10-14-18-26/h9-20,23,30H,21-22H2,1-8H3/t30-,35-/m1/s1. The first-order chi connectivity index (χ1) is 21.1. The van der Waals surface area contributed by atoms with E-state index < -0.39 is 46.5 Å². The van der Waals surface area contributed by atoms with Crippen LogP contribution in [0, 0.1) is 0 Å². The molecule has 9 heteroatoms. The van der Waals surface area contributed by atoms with E-state index in [0.29, 0.717) is 11.4 Å². The Bertz CT molecular complexity index is 1540. The molecule has 2 heterocycles. The normalized spacial score (nSPS) is 19.9. The van der Waals surface area contributed by atoms with Crippen LogP contribution in [0.2, 0.25) is 0 Å². The number of carbonyl (C=O) groups is 3. The molecule has 2 aliphatic rings. The van der Waals surface area contributed by atoms with Crippen LogP contribution in [0.4, 0.5) is 15.3 Å². The Hall–Kier alpha value is -4.37. The highest BCUT2D eigenvalue weighted by Gasteiger charge is 2.75. The monoisotopic (exact) mass is 614 g/mol. The molecular formula is C36H42N2O7. The number of imide groups is 1. The van der Waals surface area contributed by atoms with Crippen LogP contribution in [0.1, 0.15) is 71.6 Å². The minimum absolute atomic E-state index is 0.00430. The topological polar surface area (TPSA) is 94.6 Å². The van der Waals surface area contributed by atoms with Gasteiger partial charge in [-0.2, -0.15) is 0 Å². The van der Waals surface area contributed by atoms with Crippen LogP contribution in [0.5, 0.6) is 5.75 Å². The Labute approximate surface area is 265 Å². The summed E-state index contributed by atoms with van der Waals surface area (Å²) in [7, 11) is 1.59. The van der Waals surface area contributed by atoms with Gasteiger partial charge in [0.05, 0.1) is 18.2 Å². The van der Waals surface area contributed by atoms with Crippen LogP contribution >= 0.6 is 0 Å². The van der Waals surface area contributed by atoms with Gasteiger partial charge in [0.2, 0.25) is 5.91 Å². The summed E-state index contributed by atoms with van der Waals surface area (Å²) in [6.07, 6.45) is -1.89. The van der Waals surface area contributed by atoms with Gasteiger partial charge in [-0.05, 0) is 82.9 Å². The molecule has 2 atom stereocenters. The molecule has 9 nitrogen and oxygen atoms in total. The predicted octanol–water partition coefficient (Wildman–Crippen LogP) is 7.16. The molecule has 3 amide bonds. The second-order valence-corrected chi connectivity index (χ2v) is 13.5. The van der Waals surface area contributed by atoms with E-state index in [9.17, 15) is 14.4 Å². The average molecular weight is 615 g/mol. The first-order valence-corrected chi connectivity index (χ1v) is 15.2. The van der Waals surface area contributed by atoms with Gasteiger partial charge < -0.3 is 18.9 Å². The molecule has 0 aromatic heterocycles. The highest BCUT2D eigenvalue weighted by atomic mass is 16.6. The van der Waals surface area contributed by atoms with Gasteiger partial charge >= 0.3 is 12.2 Å². The molecule has 45 heavy (non-hydrogen) atoms. The van der Waals surface area contributed by atoms with Gasteiger partial charge in [-0.3, -0.25) is 4.79 Å². The average Bonchev–Trinajstić information content (AvgIpc) is 3.17. The molecule has 1 saturated heterocycles. The number of benzene rings is 3. The van der Waals surface area contributed by atoms with E-state index in [1.54, 1.807) is 38.8 Å². The van der Waals surface area contributed by atoms with Gasteiger partial charge in [0.25, 0.3) is 0 Å². The number of nitrogens with zero attached hydrogens (tertiary/aromatic N) is 2. The van der Waals surface area contributed by atoms with E-state index >= 15 is 0 Å². The fourth-order valence-electron chi connectivity index (χ4n) is 6.51. The molecule has 3 aromatic rings. The number of carbonyl (C=O) groups excluding carboxylic acids is 3. The van der Waals surface area contributed by atoms with Crippen LogP contribution in [0.15, 0.2) is 78.9 Å². The second kappa shape index (κ2) is 11.5. The summed E-state index contributed by atoms with van der Waals surface area (Å²) in [5.74, 6) is 0.144. The summed E-state index contributed by atoms with van der Waals surface area (Å²) in [5, 5.41) is 0. The van der Waals surface area contributed by atoms with Gasteiger partial charge in [-0.15, -0.1) is 0 Å². The van der Waals surface area contributed by atoms with Crippen molar-refractivity contribution in [1.82, 2.24) is 4.90 Å². The fraction of sp³-hybridized carbons (Fsp3) is 0.417. The van der Waals surface area contributed by atoms with E-state index in [1.807, 2.05) is 93.6 Å². The third-order valence-electron chi connectivity index (χ3n) is 8.19. The molecule has 1 fully saturated rings. The SMILES string of the molecule is COc1ccc2c(c1)[C@]1(CCN(C(C)=O)C(=O)OC(C)(C)C)[C@@H](OC1(c1ccccc1)c1ccccc1)N2C(=O)OC(C)(C)C. The molecule has 0 radical (unpaired) electrons. The van der Waals surface area contributed by atoms with E-state index in [-0.39, 0.29) is 13.0 Å². The molecule has 238 valence electrons. The summed E-state index contributed by atoms with van der Waals surface area (Å²) in [6.45, 7) is 12.1. The number of amides is 3. The molecule has 0 unspecified atom stereocenters. The van der Waals surface area contributed by atoms with Crippen LogP contribution in [0.25, 0.3) is 0 Å². The quantitative estimate of drug-likeness (QED) is 0.291. The molecule has 0 spiro atoms. The molecule has 0 saturated carbocycles. The van der Waals surface area contributed by atoms with Gasteiger partial charge in [0.1, 0.15) is 22.6 Å². The van der Waals surface area contributed by atoms with Gasteiger partial charge in [0, 0.05) is 13.5 Å². The highest BCUT2D eigenvalue weighted by Crippen LogP contribution is 2.69. The zero-order valence-electron chi connectivity index (χ0n) is 27.2. The van der Waals surface area contributed by atoms with Gasteiger partial charge in [0.15, 0.2) is 6.23 Å². The van der Waals surface area contributed by atoms with Crippen molar-refractivity contribution >= 4 is 23.8 Å². The van der Waals surface area contributed by atoms with Crippen molar-refractivity contribution in [2.24, 2.45) is 0 Å². The minimum atomic E-state index is -1.12. The minimum Gasteiger partial charge on any atom is -0.497 e. The lowest BCUT2D eigenvalue weighted by Crippen LogP contribution is -2.73. The lowest BCUT2D eigenvalue weighted by atomic mass is 9.55. The molecule has 0 bridgehead atoms. The Morgan fingerprint density at radius 2 is 1.40 bits per heavy atom. The third-order valence-corrected chi connectivity index (χ3v) is 8.19. The van der Waals surface area contributed by atoms with Crippen molar-refractivity contribution in [3.63, 3.8) is 0 Å². The molecule has 0 aliphatic carbocycles. The molecule has 0 N–H and O–H groups in total. The maximum absolute atomic E-state index is 14.0. The summed E-state index contributed by atoms with van der Waals surface area (Å²) >= 11 is 0. The zero-order chi connectivity index (χ0) is 32.8. The lowest BCUT2D eigenvalue weighted by Gasteiger charge is -2.62. The smallest absolute Gasteiger partial charge is 0.417 e. The summed E-state index contributed by atoms with van der Waals surface area (Å²) in [5.41, 5.74) is -0.570. The maximum atomic E-state index is 14.0. The van der Waals surface area contributed by atoms with E-state index in [4.69, 9.17) is 18.9 Å². The van der Waals surface area contributed by atoms with Crippen molar-refractivity contribution in [1.29, 1.82) is 0 Å². The Morgan fingerprint density at radius 1 is 0.844 bits per heavy atom. The summed E-state index contributed by atoms with van der Waals surface area (Å²) in [4.78, 5) is 42.9. The second-order valence-electron chi connectivity index (χ2n) is 13.5. The zero-order valence-corrected chi connectivity index (χ0v) is 27.2. The number of hydrogen-bond donors (Lipinski definition) is 0. The number of hydrogen-bond acceptors (Lipinski definition) is 7. The lowest BCUT2D eigenvalue weighted by molar-refractivity contribution is -0.261. The van der Waals surface area contributed by atoms with E-state index in [0.717, 1.165) is 21.6 Å². The van der Waals surface area contributed by atoms with E-state index in [1.165, 1.54) is 6.92 Å². The number of anilines is 1. The first-order valence-electron chi connectivity index (χ1n) is 15.2. The summed E-state index contributed by atoms with van der Waals surface area (Å²) < 4.78 is 24.3. The number of ether oxygens (including phenoxy) is 4. The largest absolute Gasteiger partial charge is 0.497 e. The van der Waals surface area contributed by atoms with Crippen LogP contribution in [-0.2, 0) is 30.0 Å². The van der Waals surface area contributed by atoms with Crippen molar-refractivity contribution in [3.8, 4) is 5.75 Å². The van der Waals surface area contributed by atoms with Gasteiger partial charge in [-0.25, -0.2) is 19.4 Å². The van der Waals surface area contributed by atoms with Crippen LogP contribution < -0.4 is 9.64 Å². The third kappa shape index (κ3) is 5.54. The van der Waals surface area contributed by atoms with Crippen molar-refractivity contribution < 1.29 is 33.3 Å². The van der Waals surface area contributed by atoms with Gasteiger partial charge in [-0.1, -0.05) is 60.7 Å². The Balaban J connectivity index is 1.76. The Kier molecular flexibility index (Phi) is 8.21. The number of fused-ring (bicyclic) bond motifs is 3. The first kappa shape index (κ1) is 32.0. The fourth-order valence-corrected chi connectivity index (χ4v) is 6.51. The van der Waals surface area contributed by atoms with Crippen molar-refractivity contribution in [2.75, 3.05) is 18.6 Å². The number of rotatable bonds is 6. The summed E-state index contributed by atoms with van der Waals surface area (Å²) in [6, 6.07) is 25.2.